The number of esters is 1. The van der Waals surface area contributed by atoms with E-state index in [4.69, 9.17) is 4.74 Å². The zero-order valence-corrected chi connectivity index (χ0v) is 18.8. The number of carbonyl (C=O) groups is 3. The number of amides is 2. The summed E-state index contributed by atoms with van der Waals surface area (Å²) in [5.41, 5.74) is 1.83. The second-order valence-electron chi connectivity index (χ2n) is 10.2. The van der Waals surface area contributed by atoms with Crippen molar-refractivity contribution in [3.63, 3.8) is 0 Å². The van der Waals surface area contributed by atoms with Gasteiger partial charge in [-0.2, -0.15) is 0 Å². The number of nitrogens with one attached hydrogen (secondary N) is 2. The van der Waals surface area contributed by atoms with Gasteiger partial charge >= 0.3 is 5.97 Å². The summed E-state index contributed by atoms with van der Waals surface area (Å²) in [5, 5.41) is 5.69. The second-order valence-corrected chi connectivity index (χ2v) is 10.2. The molecule has 0 unspecified atom stereocenters. The zero-order chi connectivity index (χ0) is 22.2. The van der Waals surface area contributed by atoms with Gasteiger partial charge in [0.05, 0.1) is 0 Å². The van der Waals surface area contributed by atoms with Crippen LogP contribution in [0.15, 0.2) is 24.3 Å². The summed E-state index contributed by atoms with van der Waals surface area (Å²) in [4.78, 5) is 37.9. The fraction of sp³-hybridized carbons (Fsp3) is 0.640. The molecule has 6 heteroatoms. The molecule has 0 aromatic heterocycles. The number of hydrogen-bond acceptors (Lipinski definition) is 4. The number of hydrogen-bond donors (Lipinski definition) is 2. The molecule has 4 saturated carbocycles. The molecule has 0 heterocycles. The summed E-state index contributed by atoms with van der Waals surface area (Å²) < 4.78 is 5.34. The number of aryl methyl sites for hydroxylation is 1. The van der Waals surface area contributed by atoms with Crippen molar-refractivity contribution in [3.05, 3.63) is 35.4 Å². The first-order valence-electron chi connectivity index (χ1n) is 11.6. The lowest BCUT2D eigenvalue weighted by molar-refractivity contribution is -0.159. The van der Waals surface area contributed by atoms with Gasteiger partial charge in [-0.25, -0.2) is 4.79 Å². The maximum absolute atomic E-state index is 13.1. The van der Waals surface area contributed by atoms with Gasteiger partial charge < -0.3 is 15.4 Å². The molecule has 4 aliphatic carbocycles. The Labute approximate surface area is 184 Å². The Morgan fingerprint density at radius 2 is 1.55 bits per heavy atom. The van der Waals surface area contributed by atoms with Gasteiger partial charge in [-0.15, -0.1) is 0 Å². The van der Waals surface area contributed by atoms with Crippen LogP contribution < -0.4 is 10.6 Å². The van der Waals surface area contributed by atoms with Crippen molar-refractivity contribution < 1.29 is 19.1 Å². The van der Waals surface area contributed by atoms with E-state index in [0.29, 0.717) is 24.3 Å². The Balaban J connectivity index is 1.25. The zero-order valence-electron chi connectivity index (χ0n) is 18.8. The number of carbonyl (C=O) groups excluding carboxylic acids is 3. The Morgan fingerprint density at radius 1 is 1.00 bits per heavy atom. The minimum Gasteiger partial charge on any atom is -0.451 e. The highest BCUT2D eigenvalue weighted by Crippen LogP contribution is 2.60. The average Bonchev–Trinajstić information content (AvgIpc) is 2.72. The molecule has 6 nitrogen and oxygen atoms in total. The monoisotopic (exact) mass is 426 g/mol. The Bertz CT molecular complexity index is 812. The van der Waals surface area contributed by atoms with Crippen molar-refractivity contribution in [1.82, 2.24) is 10.6 Å². The Morgan fingerprint density at radius 3 is 2.10 bits per heavy atom. The van der Waals surface area contributed by atoms with E-state index < -0.39 is 18.1 Å². The highest BCUT2D eigenvalue weighted by molar-refractivity contribution is 5.89. The Hall–Kier alpha value is -2.37. The highest BCUT2D eigenvalue weighted by atomic mass is 16.5. The summed E-state index contributed by atoms with van der Waals surface area (Å²) in [5.74, 6) is 1.06. The molecule has 4 aliphatic rings. The lowest BCUT2D eigenvalue weighted by atomic mass is 9.49. The molecule has 2 N–H and O–H groups in total. The molecule has 168 valence electrons. The van der Waals surface area contributed by atoms with Crippen LogP contribution in [0.3, 0.4) is 0 Å². The van der Waals surface area contributed by atoms with Crippen molar-refractivity contribution in [2.24, 2.45) is 23.2 Å². The summed E-state index contributed by atoms with van der Waals surface area (Å²) in [6, 6.07) is 7.11. The molecule has 0 spiro atoms. The normalized spacial score (nSPS) is 30.4. The van der Waals surface area contributed by atoms with E-state index in [-0.39, 0.29) is 17.2 Å². The molecular weight excluding hydrogens is 392 g/mol. The minimum atomic E-state index is -0.920. The Kier molecular flexibility index (Phi) is 6.09. The predicted molar refractivity (Wildman–Crippen MR) is 117 cm³/mol. The van der Waals surface area contributed by atoms with Gasteiger partial charge in [-0.05, 0) is 82.6 Å². The average molecular weight is 427 g/mol. The molecule has 4 fully saturated rings. The van der Waals surface area contributed by atoms with E-state index in [9.17, 15) is 14.4 Å². The first kappa shape index (κ1) is 21.8. The summed E-state index contributed by atoms with van der Waals surface area (Å²) in [6.07, 6.45) is 5.72. The third-order valence-corrected chi connectivity index (χ3v) is 7.47. The minimum absolute atomic E-state index is 0.00692. The van der Waals surface area contributed by atoms with Crippen LogP contribution in [0.2, 0.25) is 0 Å². The van der Waals surface area contributed by atoms with Gasteiger partial charge in [-0.1, -0.05) is 29.8 Å². The van der Waals surface area contributed by atoms with Crippen LogP contribution in [0.1, 0.15) is 63.5 Å². The van der Waals surface area contributed by atoms with E-state index in [1.807, 2.05) is 31.2 Å². The molecule has 4 bridgehead atoms. The molecular formula is C25H34N2O4. The fourth-order valence-corrected chi connectivity index (χ4v) is 6.17. The van der Waals surface area contributed by atoms with Gasteiger partial charge in [0.1, 0.15) is 6.04 Å². The summed E-state index contributed by atoms with van der Waals surface area (Å²) in [7, 11) is 0. The molecule has 31 heavy (non-hydrogen) atoms. The van der Waals surface area contributed by atoms with Crippen molar-refractivity contribution in [2.75, 3.05) is 0 Å². The smallest absolute Gasteiger partial charge is 0.329 e. The lowest BCUT2D eigenvalue weighted by Crippen LogP contribution is -2.56. The van der Waals surface area contributed by atoms with Gasteiger partial charge in [0, 0.05) is 12.0 Å². The maximum Gasteiger partial charge on any atom is 0.329 e. The number of rotatable bonds is 7. The van der Waals surface area contributed by atoms with Crippen LogP contribution in [-0.4, -0.2) is 29.9 Å². The summed E-state index contributed by atoms with van der Waals surface area (Å²) in [6.45, 7) is 5.57. The molecule has 2 amide bonds. The van der Waals surface area contributed by atoms with Gasteiger partial charge in [0.15, 0.2) is 6.10 Å². The second kappa shape index (κ2) is 8.64. The van der Waals surface area contributed by atoms with Crippen molar-refractivity contribution in [1.29, 1.82) is 0 Å². The van der Waals surface area contributed by atoms with Crippen molar-refractivity contribution in [3.8, 4) is 0 Å². The molecule has 1 aromatic carbocycles. The fourth-order valence-electron chi connectivity index (χ4n) is 6.17. The van der Waals surface area contributed by atoms with Crippen molar-refractivity contribution >= 4 is 17.8 Å². The largest absolute Gasteiger partial charge is 0.451 e. The van der Waals surface area contributed by atoms with Crippen LogP contribution in [0.5, 0.6) is 0 Å². The van der Waals surface area contributed by atoms with Crippen LogP contribution >= 0.6 is 0 Å². The van der Waals surface area contributed by atoms with Crippen LogP contribution in [0, 0.1) is 30.1 Å². The molecule has 1 aromatic rings. The predicted octanol–water partition coefficient (Wildman–Crippen LogP) is 3.26. The van der Waals surface area contributed by atoms with Crippen molar-refractivity contribution in [2.45, 2.75) is 78.0 Å². The third kappa shape index (κ3) is 4.78. The van der Waals surface area contributed by atoms with Crippen LogP contribution in [-0.2, 0) is 25.7 Å². The van der Waals surface area contributed by atoms with Gasteiger partial charge in [-0.3, -0.25) is 9.59 Å². The van der Waals surface area contributed by atoms with E-state index in [0.717, 1.165) is 30.4 Å². The first-order valence-corrected chi connectivity index (χ1v) is 11.6. The van der Waals surface area contributed by atoms with Crippen LogP contribution in [0.4, 0.5) is 0 Å². The van der Waals surface area contributed by atoms with E-state index in [2.05, 4.69) is 10.6 Å². The molecule has 0 radical (unpaired) electrons. The van der Waals surface area contributed by atoms with Crippen LogP contribution in [0.25, 0.3) is 0 Å². The third-order valence-electron chi connectivity index (χ3n) is 7.47. The lowest BCUT2D eigenvalue weighted by Gasteiger charge is -2.55. The summed E-state index contributed by atoms with van der Waals surface area (Å²) >= 11 is 0. The highest BCUT2D eigenvalue weighted by Gasteiger charge is 2.54. The van der Waals surface area contributed by atoms with Gasteiger partial charge in [0.25, 0.3) is 5.91 Å². The first-order chi connectivity index (χ1) is 14.7. The van der Waals surface area contributed by atoms with E-state index in [1.54, 1.807) is 13.8 Å². The van der Waals surface area contributed by atoms with Gasteiger partial charge in [0.2, 0.25) is 5.91 Å². The maximum atomic E-state index is 13.1. The SMILES string of the molecule is Cc1ccc(CNC(=O)[C@H](C)OC(=O)[C@H](C)NC(=O)C23CC4CC(CC(C4)C2)C3)cc1. The molecule has 2 atom stereocenters. The quantitative estimate of drug-likeness (QED) is 0.656. The number of benzene rings is 1. The molecule has 5 rings (SSSR count). The molecule has 0 saturated heterocycles. The standard InChI is InChI=1S/C25H34N2O4/c1-15-4-6-18(7-5-15)14-26-22(28)17(3)31-23(29)16(2)27-24(30)25-11-19-8-20(12-25)10-21(9-19)13-25/h4-7,16-17,19-21H,8-14H2,1-3H3,(H,26,28)(H,27,30)/t16-,17-,19?,20?,21?,25?/m0/s1. The molecule has 0 aliphatic heterocycles. The number of ether oxygens (including phenoxy) is 1. The van der Waals surface area contributed by atoms with E-state index >= 15 is 0 Å². The topological polar surface area (TPSA) is 84.5 Å². The van der Waals surface area contributed by atoms with E-state index in [1.165, 1.54) is 19.3 Å².